The Morgan fingerprint density at radius 1 is 1.12 bits per heavy atom. The lowest BCUT2D eigenvalue weighted by Gasteiger charge is -2.17. The summed E-state index contributed by atoms with van der Waals surface area (Å²) >= 11 is 0. The van der Waals surface area contributed by atoms with Crippen molar-refractivity contribution in [2.24, 2.45) is 0 Å². The number of hydrogen-bond acceptors (Lipinski definition) is 7. The molecule has 0 radical (unpaired) electrons. The highest BCUT2D eigenvalue weighted by Crippen LogP contribution is 2.27. The van der Waals surface area contributed by atoms with Gasteiger partial charge in [-0.3, -0.25) is 0 Å². The molecule has 2 amide bonds. The summed E-state index contributed by atoms with van der Waals surface area (Å²) in [5, 5.41) is 5.46. The van der Waals surface area contributed by atoms with E-state index in [1.54, 1.807) is 37.3 Å². The molecule has 2 aromatic rings. The van der Waals surface area contributed by atoms with Gasteiger partial charge in [0.15, 0.2) is 5.82 Å². The molecule has 140 valence electrons. The van der Waals surface area contributed by atoms with Gasteiger partial charge < -0.3 is 29.7 Å². The molecule has 0 saturated carbocycles. The molecule has 1 aromatic carbocycles. The van der Waals surface area contributed by atoms with Gasteiger partial charge in [-0.05, 0) is 6.92 Å². The van der Waals surface area contributed by atoms with E-state index in [1.165, 1.54) is 6.20 Å². The van der Waals surface area contributed by atoms with E-state index in [-0.39, 0.29) is 6.01 Å². The average molecular weight is 361 g/mol. The van der Waals surface area contributed by atoms with Crippen molar-refractivity contribution in [3.05, 3.63) is 24.4 Å². The molecule has 9 nitrogen and oxygen atoms in total. The molecular formula is C17H23N5O4. The molecule has 2 rings (SSSR count). The minimum absolute atomic E-state index is 0.250. The predicted molar refractivity (Wildman–Crippen MR) is 99.7 cm³/mol. The van der Waals surface area contributed by atoms with E-state index < -0.39 is 6.03 Å². The van der Waals surface area contributed by atoms with Crippen LogP contribution in [0.5, 0.6) is 17.5 Å². The van der Waals surface area contributed by atoms with E-state index in [2.05, 4.69) is 20.6 Å². The Kier molecular flexibility index (Phi) is 6.42. The van der Waals surface area contributed by atoms with Crippen molar-refractivity contribution in [3.8, 4) is 17.5 Å². The van der Waals surface area contributed by atoms with Crippen LogP contribution in [0.4, 0.5) is 22.0 Å². The number of amides is 2. The number of benzene rings is 1. The number of nitrogens with zero attached hydrogens (tertiary/aromatic N) is 3. The topological polar surface area (TPSA) is 97.8 Å². The summed E-state index contributed by atoms with van der Waals surface area (Å²) in [4.78, 5) is 22.5. The van der Waals surface area contributed by atoms with Gasteiger partial charge in [-0.1, -0.05) is 0 Å². The number of hydrogen-bond donors (Lipinski definition) is 2. The molecular weight excluding hydrogens is 338 g/mol. The van der Waals surface area contributed by atoms with Crippen LogP contribution in [0.2, 0.25) is 0 Å². The predicted octanol–water partition coefficient (Wildman–Crippen LogP) is 2.60. The number of carbonyl (C=O) groups excluding carboxylic acids is 1. The SMILES string of the molecule is CCOc1ncc(NC(=O)Nc2cc(OC)cc(OC)c2)c(N(C)C)n1. The lowest BCUT2D eigenvalue weighted by atomic mass is 10.3. The highest BCUT2D eigenvalue weighted by atomic mass is 16.5. The number of carbonyl (C=O) groups is 1. The minimum atomic E-state index is -0.448. The quantitative estimate of drug-likeness (QED) is 0.782. The third kappa shape index (κ3) is 4.88. The van der Waals surface area contributed by atoms with Crippen molar-refractivity contribution in [1.29, 1.82) is 0 Å². The van der Waals surface area contributed by atoms with E-state index in [0.29, 0.717) is 35.3 Å². The molecule has 9 heteroatoms. The van der Waals surface area contributed by atoms with Gasteiger partial charge in [0, 0.05) is 38.0 Å². The summed E-state index contributed by atoms with van der Waals surface area (Å²) in [5.74, 6) is 1.66. The Hall–Kier alpha value is -3.23. The maximum atomic E-state index is 12.4. The van der Waals surface area contributed by atoms with Crippen molar-refractivity contribution < 1.29 is 19.0 Å². The molecule has 0 unspecified atom stereocenters. The largest absolute Gasteiger partial charge is 0.497 e. The lowest BCUT2D eigenvalue weighted by Crippen LogP contribution is -2.22. The maximum absolute atomic E-state index is 12.4. The van der Waals surface area contributed by atoms with Crippen LogP contribution >= 0.6 is 0 Å². The standard InChI is InChI=1S/C17H23N5O4/c1-6-26-17-18-10-14(15(21-17)22(2)3)20-16(23)19-11-7-12(24-4)9-13(8-11)25-5/h7-10H,6H2,1-5H3,(H2,19,20,23). The first kappa shape index (κ1) is 19.1. The van der Waals surface area contributed by atoms with E-state index in [4.69, 9.17) is 14.2 Å². The number of ether oxygens (including phenoxy) is 3. The van der Waals surface area contributed by atoms with Crippen LogP contribution in [0.3, 0.4) is 0 Å². The molecule has 0 aliphatic rings. The van der Waals surface area contributed by atoms with E-state index in [0.717, 1.165) is 0 Å². The summed E-state index contributed by atoms with van der Waals surface area (Å²) < 4.78 is 15.7. The van der Waals surface area contributed by atoms with Crippen molar-refractivity contribution in [2.45, 2.75) is 6.92 Å². The summed E-state index contributed by atoms with van der Waals surface area (Å²) in [6.07, 6.45) is 1.50. The summed E-state index contributed by atoms with van der Waals surface area (Å²) in [7, 11) is 6.71. The van der Waals surface area contributed by atoms with Crippen molar-refractivity contribution in [1.82, 2.24) is 9.97 Å². The molecule has 0 atom stereocenters. The van der Waals surface area contributed by atoms with Gasteiger partial charge >= 0.3 is 12.0 Å². The first-order valence-electron chi connectivity index (χ1n) is 7.95. The van der Waals surface area contributed by atoms with Gasteiger partial charge in [-0.25, -0.2) is 9.78 Å². The van der Waals surface area contributed by atoms with Crippen LogP contribution in [-0.2, 0) is 0 Å². The van der Waals surface area contributed by atoms with Gasteiger partial charge in [0.2, 0.25) is 0 Å². The third-order valence-electron chi connectivity index (χ3n) is 3.30. The Balaban J connectivity index is 2.17. The molecule has 0 aliphatic carbocycles. The van der Waals surface area contributed by atoms with E-state index in [1.807, 2.05) is 21.0 Å². The molecule has 26 heavy (non-hydrogen) atoms. The van der Waals surface area contributed by atoms with Gasteiger partial charge in [-0.15, -0.1) is 0 Å². The molecule has 0 spiro atoms. The fraction of sp³-hybridized carbons (Fsp3) is 0.353. The molecule has 0 aliphatic heterocycles. The molecule has 0 bridgehead atoms. The number of anilines is 3. The Bertz CT molecular complexity index is 745. The summed E-state index contributed by atoms with van der Waals surface area (Å²) in [6, 6.07) is 4.89. The van der Waals surface area contributed by atoms with Crippen LogP contribution < -0.4 is 29.7 Å². The van der Waals surface area contributed by atoms with Gasteiger partial charge in [0.25, 0.3) is 0 Å². The van der Waals surface area contributed by atoms with E-state index in [9.17, 15) is 4.79 Å². The number of nitrogens with one attached hydrogen (secondary N) is 2. The average Bonchev–Trinajstić information content (AvgIpc) is 2.62. The number of rotatable bonds is 7. The van der Waals surface area contributed by atoms with Crippen molar-refractivity contribution >= 4 is 23.2 Å². The minimum Gasteiger partial charge on any atom is -0.497 e. The fourth-order valence-corrected chi connectivity index (χ4v) is 2.15. The second-order valence-electron chi connectivity index (χ2n) is 5.40. The van der Waals surface area contributed by atoms with Crippen LogP contribution in [0, 0.1) is 0 Å². The third-order valence-corrected chi connectivity index (χ3v) is 3.30. The monoisotopic (exact) mass is 361 g/mol. The van der Waals surface area contributed by atoms with Crippen molar-refractivity contribution in [3.63, 3.8) is 0 Å². The highest BCUT2D eigenvalue weighted by molar-refractivity contribution is 6.01. The molecule has 1 aromatic heterocycles. The van der Waals surface area contributed by atoms with Crippen LogP contribution in [-0.4, -0.2) is 50.9 Å². The second-order valence-corrected chi connectivity index (χ2v) is 5.40. The first-order valence-corrected chi connectivity index (χ1v) is 7.95. The molecule has 2 N–H and O–H groups in total. The van der Waals surface area contributed by atoms with Crippen molar-refractivity contribution in [2.75, 3.05) is 50.5 Å². The fourth-order valence-electron chi connectivity index (χ4n) is 2.15. The smallest absolute Gasteiger partial charge is 0.323 e. The van der Waals surface area contributed by atoms with Crippen LogP contribution in [0.25, 0.3) is 0 Å². The molecule has 0 fully saturated rings. The van der Waals surface area contributed by atoms with Gasteiger partial charge in [0.05, 0.1) is 27.0 Å². The molecule has 0 saturated heterocycles. The molecule has 1 heterocycles. The zero-order valence-electron chi connectivity index (χ0n) is 15.5. The number of urea groups is 1. The lowest BCUT2D eigenvalue weighted by molar-refractivity contribution is 0.262. The summed E-state index contributed by atoms with van der Waals surface area (Å²) in [5.41, 5.74) is 0.975. The van der Waals surface area contributed by atoms with Gasteiger partial charge in [-0.2, -0.15) is 4.98 Å². The van der Waals surface area contributed by atoms with E-state index >= 15 is 0 Å². The zero-order valence-corrected chi connectivity index (χ0v) is 15.5. The van der Waals surface area contributed by atoms with Crippen LogP contribution in [0.15, 0.2) is 24.4 Å². The Morgan fingerprint density at radius 3 is 2.31 bits per heavy atom. The zero-order chi connectivity index (χ0) is 19.1. The summed E-state index contributed by atoms with van der Waals surface area (Å²) in [6.45, 7) is 2.30. The first-order chi connectivity index (χ1) is 12.5. The highest BCUT2D eigenvalue weighted by Gasteiger charge is 2.13. The van der Waals surface area contributed by atoms with Gasteiger partial charge in [0.1, 0.15) is 17.2 Å². The Labute approximate surface area is 152 Å². The normalized spacial score (nSPS) is 10.0. The second kappa shape index (κ2) is 8.75. The maximum Gasteiger partial charge on any atom is 0.323 e. The number of methoxy groups -OCH3 is 2. The number of aromatic nitrogens is 2. The van der Waals surface area contributed by atoms with Crippen LogP contribution in [0.1, 0.15) is 6.92 Å². The Morgan fingerprint density at radius 2 is 1.77 bits per heavy atom.